The highest BCUT2D eigenvalue weighted by molar-refractivity contribution is 5.73. The Morgan fingerprint density at radius 1 is 1.42 bits per heavy atom. The van der Waals surface area contributed by atoms with Crippen LogP contribution >= 0.6 is 0 Å². The van der Waals surface area contributed by atoms with Crippen LogP contribution in [0.4, 0.5) is 0 Å². The number of aliphatic carboxylic acids is 1. The van der Waals surface area contributed by atoms with Gasteiger partial charge in [-0.25, -0.2) is 0 Å². The Hall–Kier alpha value is -1.42. The van der Waals surface area contributed by atoms with Crippen LogP contribution in [0.3, 0.4) is 0 Å². The number of carboxylic acids is 1. The number of nitrogens with zero attached hydrogens (tertiary/aromatic N) is 2. The minimum atomic E-state index is -0.726. The second-order valence-corrected chi connectivity index (χ2v) is 5.80. The first-order chi connectivity index (χ1) is 8.81. The van der Waals surface area contributed by atoms with E-state index in [9.17, 15) is 4.79 Å². The van der Waals surface area contributed by atoms with E-state index in [1.807, 2.05) is 32.2 Å². The third kappa shape index (κ3) is 5.39. The maximum atomic E-state index is 11.0. The van der Waals surface area contributed by atoms with Crippen molar-refractivity contribution in [2.45, 2.75) is 40.2 Å². The summed E-state index contributed by atoms with van der Waals surface area (Å²) in [6.07, 6.45) is 1.57. The highest BCUT2D eigenvalue weighted by Crippen LogP contribution is 2.22. The molecule has 1 N–H and O–H groups in total. The largest absolute Gasteiger partial charge is 0.481 e. The Labute approximate surface area is 115 Å². The monoisotopic (exact) mass is 264 g/mol. The molecule has 4 nitrogen and oxygen atoms in total. The first kappa shape index (κ1) is 15.6. The molecule has 0 saturated heterocycles. The molecule has 0 radical (unpaired) electrons. The summed E-state index contributed by atoms with van der Waals surface area (Å²) in [5, 5.41) is 9.05. The van der Waals surface area contributed by atoms with Crippen LogP contribution in [0.25, 0.3) is 0 Å². The molecule has 0 saturated carbocycles. The number of hydrogen-bond acceptors (Lipinski definition) is 3. The summed E-state index contributed by atoms with van der Waals surface area (Å²) in [6, 6.07) is 6.02. The molecule has 106 valence electrons. The SMILES string of the molecule is Cc1cccc(CN(C)CCCC(C)(C)C(=O)O)n1. The van der Waals surface area contributed by atoms with E-state index >= 15 is 0 Å². The number of aryl methyl sites for hydroxylation is 1. The summed E-state index contributed by atoms with van der Waals surface area (Å²) in [6.45, 7) is 7.22. The van der Waals surface area contributed by atoms with E-state index in [-0.39, 0.29) is 0 Å². The van der Waals surface area contributed by atoms with E-state index in [1.165, 1.54) is 0 Å². The molecule has 0 bridgehead atoms. The van der Waals surface area contributed by atoms with Crippen molar-refractivity contribution in [2.75, 3.05) is 13.6 Å². The average Bonchev–Trinajstić information content (AvgIpc) is 2.28. The zero-order chi connectivity index (χ0) is 14.5. The highest BCUT2D eigenvalue weighted by atomic mass is 16.4. The minimum Gasteiger partial charge on any atom is -0.481 e. The lowest BCUT2D eigenvalue weighted by atomic mass is 9.88. The lowest BCUT2D eigenvalue weighted by Crippen LogP contribution is -2.26. The molecule has 1 aromatic heterocycles. The van der Waals surface area contributed by atoms with Gasteiger partial charge in [-0.1, -0.05) is 6.07 Å². The van der Waals surface area contributed by atoms with Crippen molar-refractivity contribution in [3.05, 3.63) is 29.6 Å². The molecule has 19 heavy (non-hydrogen) atoms. The highest BCUT2D eigenvalue weighted by Gasteiger charge is 2.26. The zero-order valence-corrected chi connectivity index (χ0v) is 12.3. The molecular formula is C15H24N2O2. The van der Waals surface area contributed by atoms with Gasteiger partial charge in [0.15, 0.2) is 0 Å². The van der Waals surface area contributed by atoms with Gasteiger partial charge in [-0.15, -0.1) is 0 Å². The van der Waals surface area contributed by atoms with Crippen LogP contribution in [0.2, 0.25) is 0 Å². The zero-order valence-electron chi connectivity index (χ0n) is 12.3. The lowest BCUT2D eigenvalue weighted by molar-refractivity contribution is -0.147. The molecule has 0 amide bonds. The molecule has 0 atom stereocenters. The molecule has 1 aromatic rings. The minimum absolute atomic E-state index is 0.636. The number of hydrogen-bond donors (Lipinski definition) is 1. The number of rotatable bonds is 7. The van der Waals surface area contributed by atoms with Gasteiger partial charge in [0.1, 0.15) is 0 Å². The molecule has 0 aliphatic heterocycles. The van der Waals surface area contributed by atoms with Crippen LogP contribution in [-0.2, 0) is 11.3 Å². The Morgan fingerprint density at radius 3 is 2.68 bits per heavy atom. The average molecular weight is 264 g/mol. The van der Waals surface area contributed by atoms with E-state index in [1.54, 1.807) is 13.8 Å². The topological polar surface area (TPSA) is 53.4 Å². The normalized spacial score (nSPS) is 11.8. The van der Waals surface area contributed by atoms with Crippen LogP contribution < -0.4 is 0 Å². The summed E-state index contributed by atoms with van der Waals surface area (Å²) in [5.41, 5.74) is 1.44. The Morgan fingerprint density at radius 2 is 2.11 bits per heavy atom. The second kappa shape index (κ2) is 6.66. The molecule has 1 heterocycles. The molecule has 0 aliphatic rings. The fraction of sp³-hybridized carbons (Fsp3) is 0.600. The molecule has 1 rings (SSSR count). The van der Waals surface area contributed by atoms with E-state index in [0.29, 0.717) is 6.42 Å². The molecule has 0 fully saturated rings. The molecule has 4 heteroatoms. The summed E-state index contributed by atoms with van der Waals surface area (Å²) in [4.78, 5) is 17.6. The third-order valence-corrected chi connectivity index (χ3v) is 3.30. The second-order valence-electron chi connectivity index (χ2n) is 5.80. The van der Waals surface area contributed by atoms with Crippen LogP contribution in [0.5, 0.6) is 0 Å². The van der Waals surface area contributed by atoms with Crippen LogP contribution in [0, 0.1) is 12.3 Å². The smallest absolute Gasteiger partial charge is 0.309 e. The van der Waals surface area contributed by atoms with Crippen LogP contribution in [-0.4, -0.2) is 34.6 Å². The van der Waals surface area contributed by atoms with Crippen LogP contribution in [0.15, 0.2) is 18.2 Å². The van der Waals surface area contributed by atoms with E-state index in [4.69, 9.17) is 5.11 Å². The van der Waals surface area contributed by atoms with Crippen molar-refractivity contribution < 1.29 is 9.90 Å². The fourth-order valence-corrected chi connectivity index (χ4v) is 1.94. The summed E-state index contributed by atoms with van der Waals surface area (Å²) < 4.78 is 0. The fourth-order valence-electron chi connectivity index (χ4n) is 1.94. The van der Waals surface area contributed by atoms with Gasteiger partial charge < -0.3 is 10.0 Å². The van der Waals surface area contributed by atoms with E-state index in [0.717, 1.165) is 30.9 Å². The number of carboxylic acid groups (broad SMARTS) is 1. The quantitative estimate of drug-likeness (QED) is 0.822. The van der Waals surface area contributed by atoms with Crippen molar-refractivity contribution in [3.8, 4) is 0 Å². The van der Waals surface area contributed by atoms with Gasteiger partial charge in [-0.2, -0.15) is 0 Å². The molecule has 0 spiro atoms. The maximum Gasteiger partial charge on any atom is 0.309 e. The van der Waals surface area contributed by atoms with Gasteiger partial charge in [-0.3, -0.25) is 9.78 Å². The van der Waals surface area contributed by atoms with Crippen molar-refractivity contribution in [3.63, 3.8) is 0 Å². The van der Waals surface area contributed by atoms with Gasteiger partial charge >= 0.3 is 5.97 Å². The first-order valence-electron chi connectivity index (χ1n) is 6.66. The maximum absolute atomic E-state index is 11.0. The lowest BCUT2D eigenvalue weighted by Gasteiger charge is -2.21. The predicted octanol–water partition coefficient (Wildman–Crippen LogP) is 2.71. The Kier molecular flexibility index (Phi) is 5.48. The number of aromatic nitrogens is 1. The Balaban J connectivity index is 2.36. The van der Waals surface area contributed by atoms with Crippen molar-refractivity contribution >= 4 is 5.97 Å². The van der Waals surface area contributed by atoms with Gasteiger partial charge in [0.2, 0.25) is 0 Å². The van der Waals surface area contributed by atoms with Crippen LogP contribution in [0.1, 0.15) is 38.1 Å². The van der Waals surface area contributed by atoms with Crippen molar-refractivity contribution in [1.82, 2.24) is 9.88 Å². The van der Waals surface area contributed by atoms with E-state index < -0.39 is 11.4 Å². The Bertz CT molecular complexity index is 430. The van der Waals surface area contributed by atoms with E-state index in [2.05, 4.69) is 9.88 Å². The van der Waals surface area contributed by atoms with Gasteiger partial charge in [0, 0.05) is 12.2 Å². The van der Waals surface area contributed by atoms with Crippen molar-refractivity contribution in [1.29, 1.82) is 0 Å². The third-order valence-electron chi connectivity index (χ3n) is 3.30. The summed E-state index contributed by atoms with van der Waals surface area (Å²) in [5.74, 6) is -0.726. The summed E-state index contributed by atoms with van der Waals surface area (Å²) in [7, 11) is 2.04. The van der Waals surface area contributed by atoms with Gasteiger partial charge in [-0.05, 0) is 59.3 Å². The van der Waals surface area contributed by atoms with Gasteiger partial charge in [0.25, 0.3) is 0 Å². The van der Waals surface area contributed by atoms with Crippen molar-refractivity contribution in [2.24, 2.45) is 5.41 Å². The first-order valence-corrected chi connectivity index (χ1v) is 6.66. The number of carbonyl (C=O) groups is 1. The molecule has 0 unspecified atom stereocenters. The number of pyridine rings is 1. The molecule has 0 aromatic carbocycles. The van der Waals surface area contributed by atoms with Gasteiger partial charge in [0.05, 0.1) is 11.1 Å². The summed E-state index contributed by atoms with van der Waals surface area (Å²) >= 11 is 0. The molecule has 0 aliphatic carbocycles. The molecular weight excluding hydrogens is 240 g/mol. The predicted molar refractivity (Wildman–Crippen MR) is 76.0 cm³/mol. The standard InChI is InChI=1S/C15H24N2O2/c1-12-7-5-8-13(16-12)11-17(4)10-6-9-15(2,3)14(18)19/h5,7-8H,6,9-11H2,1-4H3,(H,18,19).